The highest BCUT2D eigenvalue weighted by Crippen LogP contribution is 2.84. The van der Waals surface area contributed by atoms with Crippen LogP contribution in [-0.4, -0.2) is 0 Å². The Hall–Kier alpha value is 0. The summed E-state index contributed by atoms with van der Waals surface area (Å²) in [5, 5.41) is 0. The Bertz CT molecular complexity index is 431. The van der Waals surface area contributed by atoms with Crippen LogP contribution >= 0.6 is 0 Å². The molecule has 6 rings (SSSR count). The van der Waals surface area contributed by atoms with Crippen LogP contribution in [0, 0.1) is 46.3 Å². The van der Waals surface area contributed by atoms with Gasteiger partial charge in [0, 0.05) is 0 Å². The first-order chi connectivity index (χ1) is 10.3. The SMILES string of the molecule is C1CC2CCCC3CC4(C2)CC(C1)[C@H]1CCC2CC[C@@H]3C214. The summed E-state index contributed by atoms with van der Waals surface area (Å²) in [4.78, 5) is 0. The summed E-state index contributed by atoms with van der Waals surface area (Å²) in [5.74, 6) is 7.02. The van der Waals surface area contributed by atoms with Gasteiger partial charge in [-0.05, 0) is 91.3 Å². The third-order valence-corrected chi connectivity index (χ3v) is 9.97. The minimum Gasteiger partial charge on any atom is -0.0528 e. The maximum Gasteiger partial charge on any atom is -0.0151 e. The van der Waals surface area contributed by atoms with Crippen molar-refractivity contribution in [1.29, 1.82) is 0 Å². The average molecular weight is 284 g/mol. The second-order valence-electron chi connectivity index (χ2n) is 10.1. The van der Waals surface area contributed by atoms with Crippen molar-refractivity contribution in [3.05, 3.63) is 0 Å². The van der Waals surface area contributed by atoms with E-state index in [-0.39, 0.29) is 0 Å². The van der Waals surface area contributed by atoms with Gasteiger partial charge in [0.25, 0.3) is 0 Å². The van der Waals surface area contributed by atoms with Crippen molar-refractivity contribution < 1.29 is 0 Å². The van der Waals surface area contributed by atoms with Crippen LogP contribution in [0.15, 0.2) is 0 Å². The molecule has 0 radical (unpaired) electrons. The molecule has 6 aliphatic rings. The molecule has 116 valence electrons. The molecule has 6 aliphatic carbocycles. The molecule has 0 aliphatic heterocycles. The van der Waals surface area contributed by atoms with Gasteiger partial charge in [-0.1, -0.05) is 38.5 Å². The zero-order chi connectivity index (χ0) is 13.7. The molecule has 0 nitrogen and oxygen atoms in total. The molecule has 2 spiro atoms. The van der Waals surface area contributed by atoms with Crippen molar-refractivity contribution in [2.75, 3.05) is 0 Å². The Balaban J connectivity index is 1.57. The first-order valence-electron chi connectivity index (χ1n) is 10.3. The summed E-state index contributed by atoms with van der Waals surface area (Å²) in [6.07, 6.45) is 21.2. The molecule has 0 amide bonds. The van der Waals surface area contributed by atoms with Crippen LogP contribution in [0.4, 0.5) is 0 Å². The summed E-state index contributed by atoms with van der Waals surface area (Å²) in [7, 11) is 0. The van der Waals surface area contributed by atoms with Crippen molar-refractivity contribution in [2.45, 2.75) is 83.5 Å². The third kappa shape index (κ3) is 1.25. The monoisotopic (exact) mass is 284 g/mol. The van der Waals surface area contributed by atoms with Crippen LogP contribution in [0.2, 0.25) is 0 Å². The highest BCUT2D eigenvalue weighted by Gasteiger charge is 2.76. The van der Waals surface area contributed by atoms with Gasteiger partial charge in [-0.15, -0.1) is 0 Å². The zero-order valence-electron chi connectivity index (χ0n) is 13.7. The van der Waals surface area contributed by atoms with E-state index in [0.29, 0.717) is 0 Å². The van der Waals surface area contributed by atoms with Crippen molar-refractivity contribution in [3.8, 4) is 0 Å². The lowest BCUT2D eigenvalue weighted by Gasteiger charge is -2.46. The lowest BCUT2D eigenvalue weighted by molar-refractivity contribution is 0.0103. The third-order valence-electron chi connectivity index (χ3n) is 9.97. The number of hydrogen-bond donors (Lipinski definition) is 0. The molecule has 0 aromatic rings. The molecule has 0 heteroatoms. The maximum absolute atomic E-state index is 1.69. The molecule has 0 saturated heterocycles. The van der Waals surface area contributed by atoms with E-state index in [1.807, 2.05) is 0 Å². The van der Waals surface area contributed by atoms with Gasteiger partial charge < -0.3 is 0 Å². The lowest BCUT2D eigenvalue weighted by atomic mass is 9.57. The summed E-state index contributed by atoms with van der Waals surface area (Å²) < 4.78 is 0. The predicted molar refractivity (Wildman–Crippen MR) is 85.8 cm³/mol. The second-order valence-corrected chi connectivity index (χ2v) is 10.1. The minimum atomic E-state index is 0.862. The van der Waals surface area contributed by atoms with Crippen LogP contribution in [0.5, 0.6) is 0 Å². The van der Waals surface area contributed by atoms with E-state index in [9.17, 15) is 0 Å². The van der Waals surface area contributed by atoms with E-state index in [1.54, 1.807) is 83.5 Å². The van der Waals surface area contributed by atoms with Crippen LogP contribution in [0.25, 0.3) is 0 Å². The molecule has 0 aromatic heterocycles. The molecular weight excluding hydrogens is 252 g/mol. The quantitative estimate of drug-likeness (QED) is 0.526. The van der Waals surface area contributed by atoms with Gasteiger partial charge in [-0.2, -0.15) is 0 Å². The van der Waals surface area contributed by atoms with Gasteiger partial charge in [-0.25, -0.2) is 0 Å². The summed E-state index contributed by atoms with van der Waals surface area (Å²) in [5.41, 5.74) is 1.76. The molecule has 6 unspecified atom stereocenters. The Morgan fingerprint density at radius 1 is 0.571 bits per heavy atom. The van der Waals surface area contributed by atoms with E-state index >= 15 is 0 Å². The highest BCUT2D eigenvalue weighted by atomic mass is 14.8. The summed E-state index contributed by atoms with van der Waals surface area (Å²) >= 11 is 0. The second kappa shape index (κ2) is 3.90. The van der Waals surface area contributed by atoms with Crippen molar-refractivity contribution in [1.82, 2.24) is 0 Å². The van der Waals surface area contributed by atoms with Crippen LogP contribution in [0.1, 0.15) is 83.5 Å². The number of fused-ring (bicyclic) bond motifs is 5. The molecule has 0 heterocycles. The Labute approximate surface area is 130 Å². The van der Waals surface area contributed by atoms with E-state index in [1.165, 1.54) is 17.8 Å². The minimum absolute atomic E-state index is 0.862. The fraction of sp³-hybridized carbons (Fsp3) is 1.00. The van der Waals surface area contributed by atoms with Gasteiger partial charge in [0.1, 0.15) is 0 Å². The molecule has 6 saturated carbocycles. The van der Waals surface area contributed by atoms with Gasteiger partial charge in [0.15, 0.2) is 0 Å². The van der Waals surface area contributed by atoms with Crippen molar-refractivity contribution in [3.63, 3.8) is 0 Å². The van der Waals surface area contributed by atoms with E-state index in [2.05, 4.69) is 0 Å². The predicted octanol–water partition coefficient (Wildman–Crippen LogP) is 5.81. The smallest absolute Gasteiger partial charge is 0.0151 e. The van der Waals surface area contributed by atoms with E-state index in [4.69, 9.17) is 0 Å². The Kier molecular flexibility index (Phi) is 2.31. The van der Waals surface area contributed by atoms with Gasteiger partial charge >= 0.3 is 0 Å². The van der Waals surface area contributed by atoms with Crippen LogP contribution in [0.3, 0.4) is 0 Å². The average Bonchev–Trinajstić information content (AvgIpc) is 3.04. The molecule has 0 N–H and O–H groups in total. The molecule has 8 atom stereocenters. The highest BCUT2D eigenvalue weighted by molar-refractivity contribution is 5.25. The van der Waals surface area contributed by atoms with Crippen LogP contribution < -0.4 is 0 Å². The first-order valence-corrected chi connectivity index (χ1v) is 10.3. The Morgan fingerprint density at radius 2 is 1.19 bits per heavy atom. The normalized spacial score (nSPS) is 64.0. The van der Waals surface area contributed by atoms with Crippen molar-refractivity contribution >= 4 is 0 Å². The molecule has 0 aromatic carbocycles. The first kappa shape index (κ1) is 12.4. The van der Waals surface area contributed by atoms with Gasteiger partial charge in [-0.3, -0.25) is 0 Å². The number of hydrogen-bond acceptors (Lipinski definition) is 0. The summed E-state index contributed by atoms with van der Waals surface area (Å²) in [6.45, 7) is 0. The fourth-order valence-corrected chi connectivity index (χ4v) is 10.1. The van der Waals surface area contributed by atoms with Gasteiger partial charge in [0.05, 0.1) is 0 Å². The standard InChI is InChI=1S/C21H32/c1-3-14-4-2-6-16-13-20(11-14)12-15(5-1)18-9-7-17-8-10-19(16)21(17,18)20/h14-19H,1-13H2/t14?,15?,16?,17?,18-,19+,20?,21?. The topological polar surface area (TPSA) is 0 Å². The molecule has 4 bridgehead atoms. The lowest BCUT2D eigenvalue weighted by Crippen LogP contribution is -2.41. The maximum atomic E-state index is 1.69. The van der Waals surface area contributed by atoms with E-state index < -0.39 is 0 Å². The van der Waals surface area contributed by atoms with Crippen molar-refractivity contribution in [2.24, 2.45) is 46.3 Å². The summed E-state index contributed by atoms with van der Waals surface area (Å²) in [6, 6.07) is 0. The number of rotatable bonds is 0. The largest absolute Gasteiger partial charge is 0.0528 e. The fourth-order valence-electron chi connectivity index (χ4n) is 10.1. The van der Waals surface area contributed by atoms with Crippen LogP contribution in [-0.2, 0) is 0 Å². The van der Waals surface area contributed by atoms with E-state index in [0.717, 1.165) is 28.6 Å². The molecular formula is C21H32. The Morgan fingerprint density at radius 3 is 1.81 bits per heavy atom. The van der Waals surface area contributed by atoms with Gasteiger partial charge in [0.2, 0.25) is 0 Å². The molecule has 6 fully saturated rings. The molecule has 21 heavy (non-hydrogen) atoms. The zero-order valence-corrected chi connectivity index (χ0v) is 13.7.